The molecule has 0 aromatic heterocycles. The molecule has 140 valence electrons. The summed E-state index contributed by atoms with van der Waals surface area (Å²) in [6.07, 6.45) is 0.313. The number of rotatable bonds is 4. The minimum atomic E-state index is -0.247. The zero-order chi connectivity index (χ0) is 18.8. The molecular formula is C21H23ClN3O2+. The first-order valence-corrected chi connectivity index (χ1v) is 9.73. The van der Waals surface area contributed by atoms with E-state index in [9.17, 15) is 9.59 Å². The Hall–Kier alpha value is -2.37. The lowest BCUT2D eigenvalue weighted by atomic mass is 10.1. The van der Waals surface area contributed by atoms with Crippen LogP contribution in [0.1, 0.15) is 12.0 Å². The molecule has 5 nitrogen and oxygen atoms in total. The number of nitrogens with zero attached hydrogens (tertiary/aromatic N) is 2. The Morgan fingerprint density at radius 2 is 1.63 bits per heavy atom. The number of amides is 2. The van der Waals surface area contributed by atoms with Gasteiger partial charge < -0.3 is 9.80 Å². The van der Waals surface area contributed by atoms with E-state index < -0.39 is 0 Å². The maximum atomic E-state index is 12.9. The number of halogens is 1. The summed E-state index contributed by atoms with van der Waals surface area (Å²) >= 11 is 5.91. The Balaban J connectivity index is 1.38. The van der Waals surface area contributed by atoms with Crippen LogP contribution in [0.4, 0.5) is 5.69 Å². The number of hydrogen-bond acceptors (Lipinski definition) is 3. The van der Waals surface area contributed by atoms with Gasteiger partial charge >= 0.3 is 0 Å². The van der Waals surface area contributed by atoms with E-state index in [-0.39, 0.29) is 17.9 Å². The zero-order valence-corrected chi connectivity index (χ0v) is 15.9. The lowest BCUT2D eigenvalue weighted by Crippen LogP contribution is -3.19. The minimum absolute atomic E-state index is 0.0434. The van der Waals surface area contributed by atoms with E-state index in [1.807, 2.05) is 30.3 Å². The lowest BCUT2D eigenvalue weighted by Gasteiger charge is -2.35. The second-order valence-corrected chi connectivity index (χ2v) is 7.62. The van der Waals surface area contributed by atoms with Crippen LogP contribution < -0.4 is 9.80 Å². The summed E-state index contributed by atoms with van der Waals surface area (Å²) in [6, 6.07) is 17.4. The van der Waals surface area contributed by atoms with Crippen molar-refractivity contribution in [2.45, 2.75) is 19.0 Å². The third-order valence-electron chi connectivity index (χ3n) is 5.52. The van der Waals surface area contributed by atoms with Crippen molar-refractivity contribution in [1.82, 2.24) is 4.90 Å². The van der Waals surface area contributed by atoms with E-state index in [2.05, 4.69) is 17.0 Å². The number of nitrogens with one attached hydrogen (secondary N) is 1. The second kappa shape index (κ2) is 7.71. The van der Waals surface area contributed by atoms with E-state index in [1.54, 1.807) is 12.1 Å². The van der Waals surface area contributed by atoms with Gasteiger partial charge in [0.15, 0.2) is 6.04 Å². The van der Waals surface area contributed by atoms with Crippen molar-refractivity contribution >= 4 is 29.1 Å². The van der Waals surface area contributed by atoms with Crippen LogP contribution in [0, 0.1) is 0 Å². The fourth-order valence-electron chi connectivity index (χ4n) is 3.98. The molecular weight excluding hydrogens is 362 g/mol. The maximum Gasteiger partial charge on any atom is 0.288 e. The van der Waals surface area contributed by atoms with E-state index >= 15 is 0 Å². The Labute approximate surface area is 164 Å². The van der Waals surface area contributed by atoms with Gasteiger partial charge in [-0.25, -0.2) is 0 Å². The molecule has 2 amide bonds. The summed E-state index contributed by atoms with van der Waals surface area (Å²) in [5, 5.41) is 0.649. The monoisotopic (exact) mass is 384 g/mol. The van der Waals surface area contributed by atoms with Crippen LogP contribution in [0.3, 0.4) is 0 Å². The summed E-state index contributed by atoms with van der Waals surface area (Å²) in [4.78, 5) is 30.3. The maximum absolute atomic E-state index is 12.9. The van der Waals surface area contributed by atoms with Crippen molar-refractivity contribution in [1.29, 1.82) is 0 Å². The molecule has 2 fully saturated rings. The number of carbonyl (C=O) groups excluding carboxylic acids is 2. The topological polar surface area (TPSA) is 45.1 Å². The summed E-state index contributed by atoms with van der Waals surface area (Å²) < 4.78 is 0. The van der Waals surface area contributed by atoms with Gasteiger partial charge in [-0.3, -0.25) is 14.5 Å². The predicted molar refractivity (Wildman–Crippen MR) is 105 cm³/mol. The molecule has 1 N–H and O–H groups in total. The highest BCUT2D eigenvalue weighted by molar-refractivity contribution is 6.30. The van der Waals surface area contributed by atoms with Gasteiger partial charge in [-0.1, -0.05) is 41.9 Å². The summed E-state index contributed by atoms with van der Waals surface area (Å²) in [5.74, 6) is -0.115. The smallest absolute Gasteiger partial charge is 0.288 e. The lowest BCUT2D eigenvalue weighted by molar-refractivity contribution is -0.915. The molecule has 0 spiro atoms. The van der Waals surface area contributed by atoms with Crippen molar-refractivity contribution in [2.24, 2.45) is 0 Å². The fourth-order valence-corrected chi connectivity index (χ4v) is 4.11. The molecule has 2 aromatic rings. The second-order valence-electron chi connectivity index (χ2n) is 7.18. The van der Waals surface area contributed by atoms with Crippen molar-refractivity contribution in [3.8, 4) is 0 Å². The molecule has 4 rings (SSSR count). The number of para-hydroxylation sites is 1. The Morgan fingerprint density at radius 1 is 0.963 bits per heavy atom. The van der Waals surface area contributed by atoms with Gasteiger partial charge in [0.1, 0.15) is 0 Å². The number of likely N-dealkylation sites (tertiary alicyclic amines) is 1. The standard InChI is InChI=1S/C21H22ClN3O2/c22-17-8-6-16(7-9-17)15-25-20(26)14-19(21(25)27)24-12-10-23(11-13-24)18-4-2-1-3-5-18/h1-9,19H,10-15H2/p+1/t19-/m0/s1. The van der Waals surface area contributed by atoms with E-state index in [1.165, 1.54) is 15.5 Å². The molecule has 2 heterocycles. The molecule has 2 aromatic carbocycles. The summed E-state index contributed by atoms with van der Waals surface area (Å²) in [7, 11) is 0. The number of hydrogen-bond donors (Lipinski definition) is 1. The summed E-state index contributed by atoms with van der Waals surface area (Å²) in [6.45, 7) is 3.86. The average Bonchev–Trinajstić information content (AvgIpc) is 2.99. The van der Waals surface area contributed by atoms with Gasteiger partial charge in [0, 0.05) is 10.7 Å². The molecule has 0 bridgehead atoms. The number of benzene rings is 2. The van der Waals surface area contributed by atoms with Crippen molar-refractivity contribution < 1.29 is 14.5 Å². The molecule has 2 saturated heterocycles. The van der Waals surface area contributed by atoms with Crippen molar-refractivity contribution in [3.05, 3.63) is 65.2 Å². The normalized spacial score (nSPS) is 21.1. The molecule has 27 heavy (non-hydrogen) atoms. The molecule has 0 unspecified atom stereocenters. The van der Waals surface area contributed by atoms with Gasteiger partial charge in [-0.05, 0) is 29.8 Å². The van der Waals surface area contributed by atoms with Crippen LogP contribution in [0.25, 0.3) is 0 Å². The predicted octanol–water partition coefficient (Wildman–Crippen LogP) is 1.37. The zero-order valence-electron chi connectivity index (χ0n) is 15.1. The van der Waals surface area contributed by atoms with Gasteiger partial charge in [0.2, 0.25) is 5.91 Å². The van der Waals surface area contributed by atoms with Crippen LogP contribution >= 0.6 is 11.6 Å². The summed E-state index contributed by atoms with van der Waals surface area (Å²) in [5.41, 5.74) is 2.14. The van der Waals surface area contributed by atoms with E-state index in [0.717, 1.165) is 31.7 Å². The molecule has 0 aliphatic carbocycles. The van der Waals surface area contributed by atoms with Gasteiger partial charge in [-0.15, -0.1) is 0 Å². The number of anilines is 1. The third kappa shape index (κ3) is 3.84. The van der Waals surface area contributed by atoms with Gasteiger partial charge in [0.25, 0.3) is 5.91 Å². The third-order valence-corrected chi connectivity index (χ3v) is 5.77. The van der Waals surface area contributed by atoms with Crippen LogP contribution in [-0.2, 0) is 16.1 Å². The minimum Gasteiger partial charge on any atom is -0.360 e. The first-order valence-electron chi connectivity index (χ1n) is 9.35. The Morgan fingerprint density at radius 3 is 2.30 bits per heavy atom. The van der Waals surface area contributed by atoms with Crippen molar-refractivity contribution in [2.75, 3.05) is 31.1 Å². The SMILES string of the molecule is O=C1C[C@H]([NH+]2CCN(c3ccccc3)CC2)C(=O)N1Cc1ccc(Cl)cc1. The van der Waals surface area contributed by atoms with E-state index in [0.29, 0.717) is 18.0 Å². The molecule has 0 saturated carbocycles. The van der Waals surface area contributed by atoms with Crippen LogP contribution in [0.2, 0.25) is 5.02 Å². The average molecular weight is 385 g/mol. The van der Waals surface area contributed by atoms with Crippen LogP contribution in [-0.4, -0.2) is 48.9 Å². The largest absolute Gasteiger partial charge is 0.360 e. The number of piperazine rings is 1. The van der Waals surface area contributed by atoms with E-state index in [4.69, 9.17) is 11.6 Å². The number of carbonyl (C=O) groups is 2. The van der Waals surface area contributed by atoms with Crippen molar-refractivity contribution in [3.63, 3.8) is 0 Å². The Bertz CT molecular complexity index is 817. The van der Waals surface area contributed by atoms with Crippen LogP contribution in [0.15, 0.2) is 54.6 Å². The molecule has 2 aliphatic rings. The molecule has 1 atom stereocenters. The highest BCUT2D eigenvalue weighted by atomic mass is 35.5. The van der Waals surface area contributed by atoms with Gasteiger partial charge in [-0.2, -0.15) is 0 Å². The quantitative estimate of drug-likeness (QED) is 0.810. The Kier molecular flexibility index (Phi) is 5.14. The van der Waals surface area contributed by atoms with Gasteiger partial charge in [0.05, 0.1) is 39.1 Å². The molecule has 0 radical (unpaired) electrons. The first-order chi connectivity index (χ1) is 13.1. The fraction of sp³-hybridized carbons (Fsp3) is 0.333. The first kappa shape index (κ1) is 18.0. The molecule has 6 heteroatoms. The number of quaternary nitrogens is 1. The highest BCUT2D eigenvalue weighted by Gasteiger charge is 2.45. The van der Waals surface area contributed by atoms with Crippen LogP contribution in [0.5, 0.6) is 0 Å². The molecule has 2 aliphatic heterocycles. The highest BCUT2D eigenvalue weighted by Crippen LogP contribution is 2.18. The number of imide groups is 1.